The van der Waals surface area contributed by atoms with E-state index in [4.69, 9.17) is 29.2 Å². The van der Waals surface area contributed by atoms with Crippen molar-refractivity contribution >= 4 is 11.9 Å². The molecule has 8 nitrogen and oxygen atoms in total. The molecular weight excluding hydrogens is 332 g/mol. The van der Waals surface area contributed by atoms with Crippen LogP contribution in [-0.4, -0.2) is 73.5 Å². The van der Waals surface area contributed by atoms with Gasteiger partial charge in [-0.3, -0.25) is 0 Å². The predicted molar refractivity (Wildman–Crippen MR) is 85.3 cm³/mol. The number of aliphatic hydroxyl groups is 2. The van der Waals surface area contributed by atoms with Crippen LogP contribution in [0.5, 0.6) is 0 Å². The van der Waals surface area contributed by atoms with E-state index in [2.05, 4.69) is 0 Å². The summed E-state index contributed by atoms with van der Waals surface area (Å²) in [4.78, 5) is 23.9. The number of esters is 2. The molecule has 1 aromatic rings. The molecule has 8 heteroatoms. The van der Waals surface area contributed by atoms with E-state index < -0.39 is 18.0 Å². The van der Waals surface area contributed by atoms with Gasteiger partial charge in [0.1, 0.15) is 25.4 Å². The maximum atomic E-state index is 11.9. The Hall–Kier alpha value is -2.00. The maximum absolute atomic E-state index is 11.9. The first-order valence-corrected chi connectivity index (χ1v) is 7.96. The lowest BCUT2D eigenvalue weighted by Gasteiger charge is -2.08. The van der Waals surface area contributed by atoms with E-state index in [0.717, 1.165) is 0 Å². The molecule has 0 spiro atoms. The highest BCUT2D eigenvalue weighted by Crippen LogP contribution is 2.16. The topological polar surface area (TPSA) is 118 Å². The molecule has 0 radical (unpaired) electrons. The molecule has 0 aromatic heterocycles. The van der Waals surface area contributed by atoms with Crippen molar-refractivity contribution in [1.82, 2.24) is 0 Å². The Kier molecular flexibility index (Phi) is 7.32. The van der Waals surface area contributed by atoms with Gasteiger partial charge in [0.15, 0.2) is 0 Å². The van der Waals surface area contributed by atoms with E-state index in [0.29, 0.717) is 13.2 Å². The molecule has 2 N–H and O–H groups in total. The number of epoxide rings is 2. The van der Waals surface area contributed by atoms with Crippen molar-refractivity contribution in [2.75, 3.05) is 33.0 Å². The van der Waals surface area contributed by atoms with E-state index in [1.807, 2.05) is 0 Å². The normalized spacial score (nSPS) is 21.4. The van der Waals surface area contributed by atoms with Gasteiger partial charge in [-0.25, -0.2) is 9.59 Å². The summed E-state index contributed by atoms with van der Waals surface area (Å²) in [6, 6.07) is 6.43. The number of aliphatic hydroxyl groups excluding tert-OH is 2. The van der Waals surface area contributed by atoms with Crippen molar-refractivity contribution in [2.24, 2.45) is 0 Å². The van der Waals surface area contributed by atoms with Gasteiger partial charge in [-0.2, -0.15) is 0 Å². The average molecular weight is 354 g/mol. The minimum atomic E-state index is -0.560. The third-order valence-electron chi connectivity index (χ3n) is 3.24. The Morgan fingerprint density at radius 3 is 1.72 bits per heavy atom. The highest BCUT2D eigenvalue weighted by molar-refractivity contribution is 6.03. The number of benzene rings is 1. The fourth-order valence-corrected chi connectivity index (χ4v) is 1.66. The summed E-state index contributed by atoms with van der Waals surface area (Å²) in [7, 11) is 0. The zero-order valence-corrected chi connectivity index (χ0v) is 13.9. The smallest absolute Gasteiger partial charge is 0.339 e. The summed E-state index contributed by atoms with van der Waals surface area (Å²) in [6.45, 7) is 3.02. The summed E-state index contributed by atoms with van der Waals surface area (Å²) in [5.74, 6) is -1.09. The molecule has 3 unspecified atom stereocenters. The van der Waals surface area contributed by atoms with Crippen molar-refractivity contribution < 1.29 is 38.7 Å². The van der Waals surface area contributed by atoms with Crippen LogP contribution in [0.4, 0.5) is 0 Å². The van der Waals surface area contributed by atoms with Crippen LogP contribution >= 0.6 is 0 Å². The zero-order chi connectivity index (χ0) is 18.2. The standard InChI is InChI=1S/C14H14O6.C3H8O2/c15-13(19-7-9-5-17-9)11-3-1-2-4-12(11)14(16)20-8-10-6-18-10;1-3(5)2-4/h1-4,9-10H,5-8H2;3-5H,2H2,1H3. The Morgan fingerprint density at radius 2 is 1.44 bits per heavy atom. The third kappa shape index (κ3) is 7.18. The van der Waals surface area contributed by atoms with Gasteiger partial charge in [0.25, 0.3) is 0 Å². The highest BCUT2D eigenvalue weighted by Gasteiger charge is 2.27. The minimum absolute atomic E-state index is 0.00919. The maximum Gasteiger partial charge on any atom is 0.339 e. The predicted octanol–water partition coefficient (Wildman–Crippen LogP) is 0.157. The number of carbonyl (C=O) groups excluding carboxylic acids is 2. The van der Waals surface area contributed by atoms with Crippen molar-refractivity contribution in [3.8, 4) is 0 Å². The minimum Gasteiger partial charge on any atom is -0.459 e. The van der Waals surface area contributed by atoms with Crippen LogP contribution in [0.2, 0.25) is 0 Å². The van der Waals surface area contributed by atoms with Crippen LogP contribution in [0, 0.1) is 0 Å². The monoisotopic (exact) mass is 354 g/mol. The van der Waals surface area contributed by atoms with Crippen LogP contribution in [0.3, 0.4) is 0 Å². The molecule has 3 atom stereocenters. The van der Waals surface area contributed by atoms with Crippen LogP contribution in [0.15, 0.2) is 24.3 Å². The number of rotatable bonds is 7. The molecule has 25 heavy (non-hydrogen) atoms. The lowest BCUT2D eigenvalue weighted by molar-refractivity contribution is 0.0430. The van der Waals surface area contributed by atoms with Crippen LogP contribution < -0.4 is 0 Å². The Labute approximate surface area is 145 Å². The molecule has 2 aliphatic rings. The second kappa shape index (κ2) is 9.47. The zero-order valence-electron chi connectivity index (χ0n) is 13.9. The van der Waals surface area contributed by atoms with Gasteiger partial charge in [0, 0.05) is 0 Å². The summed E-state index contributed by atoms with van der Waals surface area (Å²) in [6.07, 6.45) is -0.579. The molecule has 0 aliphatic carbocycles. The fourth-order valence-electron chi connectivity index (χ4n) is 1.66. The Morgan fingerprint density at radius 1 is 1.08 bits per heavy atom. The molecule has 138 valence electrons. The molecular formula is C17H22O8. The van der Waals surface area contributed by atoms with Crippen molar-refractivity contribution in [3.05, 3.63) is 35.4 Å². The second-order valence-corrected chi connectivity index (χ2v) is 5.68. The van der Waals surface area contributed by atoms with Gasteiger partial charge < -0.3 is 29.2 Å². The number of carbonyl (C=O) groups is 2. The third-order valence-corrected chi connectivity index (χ3v) is 3.24. The molecule has 2 aliphatic heterocycles. The van der Waals surface area contributed by atoms with Gasteiger partial charge in [0.2, 0.25) is 0 Å². The van der Waals surface area contributed by atoms with Crippen LogP contribution in [-0.2, 0) is 18.9 Å². The van der Waals surface area contributed by atoms with Gasteiger partial charge in [-0.05, 0) is 19.1 Å². The molecule has 0 saturated carbocycles. The van der Waals surface area contributed by atoms with Gasteiger partial charge >= 0.3 is 11.9 Å². The van der Waals surface area contributed by atoms with E-state index in [-0.39, 0.29) is 43.2 Å². The summed E-state index contributed by atoms with van der Waals surface area (Å²) in [5, 5.41) is 16.0. The molecule has 2 saturated heterocycles. The molecule has 2 heterocycles. The average Bonchev–Trinajstić information content (AvgIpc) is 3.52. The molecule has 0 amide bonds. The lowest BCUT2D eigenvalue weighted by Crippen LogP contribution is -2.17. The Bertz CT molecular complexity index is 531. The quantitative estimate of drug-likeness (QED) is 0.525. The first kappa shape index (κ1) is 19.3. The lowest BCUT2D eigenvalue weighted by atomic mass is 10.1. The molecule has 0 bridgehead atoms. The van der Waals surface area contributed by atoms with Gasteiger partial charge in [-0.15, -0.1) is 0 Å². The van der Waals surface area contributed by atoms with E-state index in [1.54, 1.807) is 24.3 Å². The van der Waals surface area contributed by atoms with Crippen molar-refractivity contribution in [3.63, 3.8) is 0 Å². The van der Waals surface area contributed by atoms with Crippen molar-refractivity contribution in [1.29, 1.82) is 0 Å². The largest absolute Gasteiger partial charge is 0.459 e. The summed E-state index contributed by atoms with van der Waals surface area (Å²) >= 11 is 0. The summed E-state index contributed by atoms with van der Waals surface area (Å²) < 4.78 is 20.1. The van der Waals surface area contributed by atoms with Crippen LogP contribution in [0.1, 0.15) is 27.6 Å². The highest BCUT2D eigenvalue weighted by atomic mass is 16.6. The Balaban J connectivity index is 0.000000399. The number of hydrogen-bond donors (Lipinski definition) is 2. The SMILES string of the molecule is CC(O)CO.O=C(OCC1CO1)c1ccccc1C(=O)OCC1CO1. The second-order valence-electron chi connectivity index (χ2n) is 5.68. The summed E-state index contributed by atoms with van der Waals surface area (Å²) in [5.41, 5.74) is 0.407. The first-order chi connectivity index (χ1) is 12.0. The van der Waals surface area contributed by atoms with E-state index in [9.17, 15) is 9.59 Å². The van der Waals surface area contributed by atoms with Gasteiger partial charge in [0.05, 0.1) is 37.1 Å². The van der Waals surface area contributed by atoms with Crippen LogP contribution in [0.25, 0.3) is 0 Å². The molecule has 1 aromatic carbocycles. The van der Waals surface area contributed by atoms with Crippen molar-refractivity contribution in [2.45, 2.75) is 25.2 Å². The number of hydrogen-bond acceptors (Lipinski definition) is 8. The fraction of sp³-hybridized carbons (Fsp3) is 0.529. The number of ether oxygens (including phenoxy) is 4. The first-order valence-electron chi connectivity index (χ1n) is 7.96. The molecule has 2 fully saturated rings. The molecule has 3 rings (SSSR count). The van der Waals surface area contributed by atoms with E-state index in [1.165, 1.54) is 6.92 Å². The van der Waals surface area contributed by atoms with Gasteiger partial charge in [-0.1, -0.05) is 12.1 Å². The van der Waals surface area contributed by atoms with E-state index >= 15 is 0 Å².